The fourth-order valence-corrected chi connectivity index (χ4v) is 2.66. The van der Waals surface area contributed by atoms with Gasteiger partial charge in [-0.3, -0.25) is 4.79 Å². The molecule has 2 rings (SSSR count). The molecule has 1 aromatic carbocycles. The summed E-state index contributed by atoms with van der Waals surface area (Å²) in [4.78, 5) is 14.4. The monoisotopic (exact) mass is 260 g/mol. The average Bonchev–Trinajstić information content (AvgIpc) is 2.42. The van der Waals surface area contributed by atoms with E-state index in [4.69, 9.17) is 0 Å². The molecule has 3 nitrogen and oxygen atoms in total. The summed E-state index contributed by atoms with van der Waals surface area (Å²) >= 11 is 0. The van der Waals surface area contributed by atoms with Crippen molar-refractivity contribution in [1.29, 1.82) is 0 Å². The Morgan fingerprint density at radius 3 is 2.42 bits per heavy atom. The molecule has 3 heteroatoms. The van der Waals surface area contributed by atoms with Crippen LogP contribution in [0.25, 0.3) is 0 Å². The highest BCUT2D eigenvalue weighted by atomic mass is 16.1. The lowest BCUT2D eigenvalue weighted by Crippen LogP contribution is -2.32. The Balaban J connectivity index is 1.83. The molecule has 0 atom stereocenters. The van der Waals surface area contributed by atoms with Crippen molar-refractivity contribution in [3.8, 4) is 0 Å². The van der Waals surface area contributed by atoms with Crippen LogP contribution in [0.1, 0.15) is 36.8 Å². The van der Waals surface area contributed by atoms with Crippen molar-refractivity contribution in [3.05, 3.63) is 29.3 Å². The van der Waals surface area contributed by atoms with Gasteiger partial charge in [-0.05, 0) is 50.9 Å². The number of carbonyl (C=O) groups excluding carboxylic acids is 1. The molecule has 104 valence electrons. The third kappa shape index (κ3) is 4.06. The fraction of sp³-hybridized carbons (Fsp3) is 0.562. The van der Waals surface area contributed by atoms with Crippen LogP contribution in [-0.4, -0.2) is 30.4 Å². The standard InChI is InChI=1S/C16H24N2O/c1-13-7-6-8-14(2)16(13)17-15(19)9-12-18-10-4-3-5-11-18/h6-8H,3-5,9-12H2,1-2H3,(H,17,19). The number of piperidine rings is 1. The van der Waals surface area contributed by atoms with E-state index in [0.29, 0.717) is 6.42 Å². The Hall–Kier alpha value is -1.35. The Morgan fingerprint density at radius 1 is 1.16 bits per heavy atom. The van der Waals surface area contributed by atoms with Gasteiger partial charge in [-0.25, -0.2) is 0 Å². The lowest BCUT2D eigenvalue weighted by atomic mass is 10.1. The Labute approximate surface area is 116 Å². The molecule has 0 bridgehead atoms. The zero-order valence-electron chi connectivity index (χ0n) is 12.0. The fourth-order valence-electron chi connectivity index (χ4n) is 2.66. The molecule has 1 heterocycles. The van der Waals surface area contributed by atoms with E-state index in [-0.39, 0.29) is 5.91 Å². The van der Waals surface area contributed by atoms with Gasteiger partial charge in [0.05, 0.1) is 0 Å². The lowest BCUT2D eigenvalue weighted by Gasteiger charge is -2.26. The summed E-state index contributed by atoms with van der Waals surface area (Å²) in [5.41, 5.74) is 3.24. The van der Waals surface area contributed by atoms with Crippen molar-refractivity contribution < 1.29 is 4.79 Å². The maximum atomic E-state index is 12.0. The molecule has 1 fully saturated rings. The molecule has 0 radical (unpaired) electrons. The van der Waals surface area contributed by atoms with Crippen LogP contribution in [0, 0.1) is 13.8 Å². The predicted molar refractivity (Wildman–Crippen MR) is 79.5 cm³/mol. The SMILES string of the molecule is Cc1cccc(C)c1NC(=O)CCN1CCCCC1. The molecule has 0 aromatic heterocycles. The van der Waals surface area contributed by atoms with Crippen molar-refractivity contribution in [2.24, 2.45) is 0 Å². The van der Waals surface area contributed by atoms with Gasteiger partial charge in [0.25, 0.3) is 0 Å². The molecule has 0 saturated carbocycles. The largest absolute Gasteiger partial charge is 0.326 e. The second kappa shape index (κ2) is 6.71. The number of nitrogens with zero attached hydrogens (tertiary/aromatic N) is 1. The molecule has 1 N–H and O–H groups in total. The minimum Gasteiger partial charge on any atom is -0.326 e. The minimum atomic E-state index is 0.128. The summed E-state index contributed by atoms with van der Waals surface area (Å²) in [6.45, 7) is 7.25. The number of hydrogen-bond acceptors (Lipinski definition) is 2. The van der Waals surface area contributed by atoms with Crippen LogP contribution < -0.4 is 5.32 Å². The topological polar surface area (TPSA) is 32.3 Å². The lowest BCUT2D eigenvalue weighted by molar-refractivity contribution is -0.116. The molecule has 1 aromatic rings. The number of aryl methyl sites for hydroxylation is 2. The highest BCUT2D eigenvalue weighted by Crippen LogP contribution is 2.19. The zero-order chi connectivity index (χ0) is 13.7. The van der Waals surface area contributed by atoms with Gasteiger partial charge in [0.15, 0.2) is 0 Å². The molecule has 0 unspecified atom stereocenters. The smallest absolute Gasteiger partial charge is 0.225 e. The third-order valence-corrected chi connectivity index (χ3v) is 3.85. The first-order valence-corrected chi connectivity index (χ1v) is 7.25. The van der Waals surface area contributed by atoms with Crippen LogP contribution in [0.4, 0.5) is 5.69 Å². The first kappa shape index (κ1) is 14.1. The number of para-hydroxylation sites is 1. The highest BCUT2D eigenvalue weighted by molar-refractivity contribution is 5.92. The number of hydrogen-bond donors (Lipinski definition) is 1. The van der Waals surface area contributed by atoms with Gasteiger partial charge in [-0.1, -0.05) is 24.6 Å². The number of amides is 1. The van der Waals surface area contributed by atoms with Crippen molar-refractivity contribution in [2.45, 2.75) is 39.5 Å². The summed E-state index contributed by atoms with van der Waals surface area (Å²) < 4.78 is 0. The summed E-state index contributed by atoms with van der Waals surface area (Å²) in [5, 5.41) is 3.05. The summed E-state index contributed by atoms with van der Waals surface area (Å²) in [7, 11) is 0. The van der Waals surface area contributed by atoms with E-state index in [0.717, 1.165) is 36.4 Å². The Bertz CT molecular complexity index is 416. The van der Waals surface area contributed by atoms with Crippen molar-refractivity contribution in [1.82, 2.24) is 4.90 Å². The molecule has 19 heavy (non-hydrogen) atoms. The van der Waals surface area contributed by atoms with Crippen molar-refractivity contribution in [2.75, 3.05) is 25.0 Å². The number of rotatable bonds is 4. The van der Waals surface area contributed by atoms with Gasteiger partial charge < -0.3 is 10.2 Å². The first-order valence-electron chi connectivity index (χ1n) is 7.25. The first-order chi connectivity index (χ1) is 9.16. The van der Waals surface area contributed by atoms with E-state index in [1.54, 1.807) is 0 Å². The number of anilines is 1. The maximum absolute atomic E-state index is 12.0. The van der Waals surface area contributed by atoms with Crippen molar-refractivity contribution in [3.63, 3.8) is 0 Å². The zero-order valence-corrected chi connectivity index (χ0v) is 12.0. The number of carbonyl (C=O) groups is 1. The minimum absolute atomic E-state index is 0.128. The van der Waals surface area contributed by atoms with Crippen LogP contribution in [0.3, 0.4) is 0 Å². The Kier molecular flexibility index (Phi) is 4.97. The number of likely N-dealkylation sites (tertiary alicyclic amines) is 1. The summed E-state index contributed by atoms with van der Waals surface area (Å²) in [5.74, 6) is 0.128. The molecular weight excluding hydrogens is 236 g/mol. The van der Waals surface area contributed by atoms with E-state index in [1.807, 2.05) is 32.0 Å². The summed E-state index contributed by atoms with van der Waals surface area (Å²) in [6, 6.07) is 6.09. The molecule has 1 amide bonds. The van der Waals surface area contributed by atoms with Crippen molar-refractivity contribution >= 4 is 11.6 Å². The van der Waals surface area contributed by atoms with Crippen LogP contribution in [0.5, 0.6) is 0 Å². The molecule has 1 saturated heterocycles. The van der Waals surface area contributed by atoms with Gasteiger partial charge >= 0.3 is 0 Å². The molecule has 1 aliphatic rings. The maximum Gasteiger partial charge on any atom is 0.225 e. The highest BCUT2D eigenvalue weighted by Gasteiger charge is 2.12. The third-order valence-electron chi connectivity index (χ3n) is 3.85. The van der Waals surface area contributed by atoms with Gasteiger partial charge in [0, 0.05) is 18.7 Å². The second-order valence-electron chi connectivity index (χ2n) is 5.47. The van der Waals surface area contributed by atoms with Gasteiger partial charge in [-0.15, -0.1) is 0 Å². The molecular formula is C16H24N2O. The van der Waals surface area contributed by atoms with E-state index in [1.165, 1.54) is 19.3 Å². The van der Waals surface area contributed by atoms with Gasteiger partial charge in [0.2, 0.25) is 5.91 Å². The van der Waals surface area contributed by atoms with E-state index in [9.17, 15) is 4.79 Å². The molecule has 0 aliphatic carbocycles. The van der Waals surface area contributed by atoms with E-state index >= 15 is 0 Å². The van der Waals surface area contributed by atoms with Crippen LogP contribution in [-0.2, 0) is 4.79 Å². The van der Waals surface area contributed by atoms with E-state index in [2.05, 4.69) is 10.2 Å². The predicted octanol–water partition coefficient (Wildman–Crippen LogP) is 3.12. The summed E-state index contributed by atoms with van der Waals surface area (Å²) in [6.07, 6.45) is 4.48. The van der Waals surface area contributed by atoms with E-state index < -0.39 is 0 Å². The number of nitrogens with one attached hydrogen (secondary N) is 1. The second-order valence-corrected chi connectivity index (χ2v) is 5.47. The van der Waals surface area contributed by atoms with Gasteiger partial charge in [0.1, 0.15) is 0 Å². The van der Waals surface area contributed by atoms with Gasteiger partial charge in [-0.2, -0.15) is 0 Å². The molecule has 1 aliphatic heterocycles. The average molecular weight is 260 g/mol. The number of benzene rings is 1. The quantitative estimate of drug-likeness (QED) is 0.902. The van der Waals surface area contributed by atoms with Crippen LogP contribution in [0.2, 0.25) is 0 Å². The van der Waals surface area contributed by atoms with Crippen LogP contribution in [0.15, 0.2) is 18.2 Å². The normalized spacial score (nSPS) is 16.3. The Morgan fingerprint density at radius 2 is 1.79 bits per heavy atom. The molecule has 0 spiro atoms. The van der Waals surface area contributed by atoms with Crippen LogP contribution >= 0.6 is 0 Å².